The Labute approximate surface area is 96.2 Å². The number of para-hydroxylation sites is 1. The number of rotatable bonds is 4. The summed E-state index contributed by atoms with van der Waals surface area (Å²) in [5.41, 5.74) is 0. The van der Waals surface area contributed by atoms with Crippen molar-refractivity contribution < 1.29 is 19.1 Å². The zero-order valence-electron chi connectivity index (χ0n) is 9.11. The molecule has 1 rings (SSSR count). The lowest BCUT2D eigenvalue weighted by molar-refractivity contribution is 0.362. The zero-order chi connectivity index (χ0) is 12.2. The molecule has 0 aliphatic carbocycles. The lowest BCUT2D eigenvalue weighted by atomic mass is 10.3. The molecular weight excluding hydrogens is 227 g/mol. The topological polar surface area (TPSA) is 66.8 Å². The number of hydrogen-bond acceptors (Lipinski definition) is 2. The molecule has 0 amide bonds. The Morgan fingerprint density at radius 3 is 2.31 bits per heavy atom. The van der Waals surface area contributed by atoms with E-state index in [0.29, 0.717) is 6.61 Å². The number of ether oxygens (including phenoxy) is 1. The molecule has 16 heavy (non-hydrogen) atoms. The predicted molar refractivity (Wildman–Crippen MR) is 63.4 cm³/mol. The second kappa shape index (κ2) is 10.3. The first-order valence-corrected chi connectivity index (χ1v) is 6.01. The van der Waals surface area contributed by atoms with Crippen molar-refractivity contribution in [2.24, 2.45) is 0 Å². The molecule has 0 spiro atoms. The molecule has 0 heterocycles. The number of hydrogen-bond donors (Lipinski definition) is 2. The largest absolute Gasteiger partial charge is 0.692 e. The van der Waals surface area contributed by atoms with Crippen LogP contribution in [0.4, 0.5) is 0 Å². The fraction of sp³-hybridized carbons (Fsp3) is 0.273. The Morgan fingerprint density at radius 2 is 1.81 bits per heavy atom. The highest BCUT2D eigenvalue weighted by Gasteiger charge is 1.93. The van der Waals surface area contributed by atoms with Crippen LogP contribution >= 0.6 is 8.25 Å². The third kappa shape index (κ3) is 10.9. The van der Waals surface area contributed by atoms with Crippen molar-refractivity contribution in [2.45, 2.75) is 13.3 Å². The molecule has 0 aromatic heterocycles. The molecule has 88 valence electrons. The van der Waals surface area contributed by atoms with E-state index in [9.17, 15) is 0 Å². The molecule has 2 N–H and O–H groups in total. The molecule has 4 nitrogen and oxygen atoms in total. The molecule has 0 aliphatic heterocycles. The molecule has 1 aromatic carbocycles. The minimum Gasteiger partial charge on any atom is -0.490 e. The maximum Gasteiger partial charge on any atom is 0.692 e. The van der Waals surface area contributed by atoms with E-state index in [-0.39, 0.29) is 0 Å². The van der Waals surface area contributed by atoms with Crippen LogP contribution in [0.1, 0.15) is 13.3 Å². The van der Waals surface area contributed by atoms with Gasteiger partial charge in [-0.15, -0.1) is 9.79 Å². The first kappa shape index (κ1) is 14.8. The quantitative estimate of drug-likeness (QED) is 0.630. The van der Waals surface area contributed by atoms with Crippen LogP contribution in [0.5, 0.6) is 5.75 Å². The van der Waals surface area contributed by atoms with Gasteiger partial charge in [0.15, 0.2) is 0 Å². The van der Waals surface area contributed by atoms with Gasteiger partial charge < -0.3 is 4.74 Å². The summed E-state index contributed by atoms with van der Waals surface area (Å²) in [4.78, 5) is 14.2. The van der Waals surface area contributed by atoms with Gasteiger partial charge in [0, 0.05) is 4.57 Å². The van der Waals surface area contributed by atoms with Gasteiger partial charge in [0.05, 0.1) is 0 Å². The van der Waals surface area contributed by atoms with Gasteiger partial charge in [-0.3, -0.25) is 0 Å². The van der Waals surface area contributed by atoms with Crippen molar-refractivity contribution in [3.63, 3.8) is 0 Å². The van der Waals surface area contributed by atoms with Crippen LogP contribution in [0.25, 0.3) is 0 Å². The Hall–Kier alpha value is -1.22. The van der Waals surface area contributed by atoms with Crippen molar-refractivity contribution in [1.29, 1.82) is 0 Å². The Kier molecular flexibility index (Phi) is 9.52. The van der Waals surface area contributed by atoms with Crippen molar-refractivity contribution >= 4 is 8.25 Å². The summed E-state index contributed by atoms with van der Waals surface area (Å²) >= 11 is 0. The monoisotopic (exact) mass is 243 g/mol. The first-order chi connectivity index (χ1) is 7.66. The summed E-state index contributed by atoms with van der Waals surface area (Å²) in [5, 5.41) is 0. The standard InChI is InChI=1S/C11H14O.HO3P/c1-2-3-7-10-12-11-8-5-4-6-9-11;1-4(2)3/h3-9H,2,10H2,1H3;(H-,1,2,3)/p+1. The number of allylic oxidation sites excluding steroid dienone is 1. The summed E-state index contributed by atoms with van der Waals surface area (Å²) in [6.07, 6.45) is 5.20. The molecule has 1 aromatic rings. The third-order valence-electron chi connectivity index (χ3n) is 1.49. The molecule has 0 saturated carbocycles. The van der Waals surface area contributed by atoms with Gasteiger partial charge in [0.2, 0.25) is 0 Å². The third-order valence-corrected chi connectivity index (χ3v) is 1.49. The van der Waals surface area contributed by atoms with Crippen LogP contribution in [0, 0.1) is 0 Å². The van der Waals surface area contributed by atoms with E-state index >= 15 is 0 Å². The summed E-state index contributed by atoms with van der Waals surface area (Å²) < 4.78 is 14.1. The fourth-order valence-electron chi connectivity index (χ4n) is 0.896. The van der Waals surface area contributed by atoms with Crippen molar-refractivity contribution in [1.82, 2.24) is 0 Å². The van der Waals surface area contributed by atoms with Gasteiger partial charge in [0.25, 0.3) is 0 Å². The fourth-order valence-corrected chi connectivity index (χ4v) is 0.896. The van der Waals surface area contributed by atoms with Gasteiger partial charge in [-0.1, -0.05) is 37.3 Å². The second-order valence-corrected chi connectivity index (χ2v) is 3.26. The van der Waals surface area contributed by atoms with Gasteiger partial charge in [0.1, 0.15) is 12.4 Å². The van der Waals surface area contributed by atoms with Crippen molar-refractivity contribution in [3.8, 4) is 5.75 Å². The van der Waals surface area contributed by atoms with Crippen molar-refractivity contribution in [3.05, 3.63) is 42.5 Å². The summed E-state index contributed by atoms with van der Waals surface area (Å²) in [6.45, 7) is 2.77. The summed E-state index contributed by atoms with van der Waals surface area (Å²) in [6, 6.07) is 9.84. The van der Waals surface area contributed by atoms with Crippen molar-refractivity contribution in [2.75, 3.05) is 6.61 Å². The van der Waals surface area contributed by atoms with Crippen LogP contribution in [0.2, 0.25) is 0 Å². The molecule has 0 unspecified atom stereocenters. The second-order valence-electron chi connectivity index (χ2n) is 2.76. The van der Waals surface area contributed by atoms with Crippen LogP contribution in [0.15, 0.2) is 42.5 Å². The van der Waals surface area contributed by atoms with E-state index < -0.39 is 8.25 Å². The minimum absolute atomic E-state index is 0.665. The molecule has 0 bridgehead atoms. The molecule has 0 saturated heterocycles. The molecule has 0 atom stereocenters. The summed E-state index contributed by atoms with van der Waals surface area (Å²) in [5.74, 6) is 0.929. The Bertz CT molecular complexity index is 307. The van der Waals surface area contributed by atoms with E-state index in [1.54, 1.807) is 0 Å². The maximum atomic E-state index is 8.70. The van der Waals surface area contributed by atoms with Crippen LogP contribution in [-0.2, 0) is 4.57 Å². The molecule has 0 aliphatic rings. The highest BCUT2D eigenvalue weighted by molar-refractivity contribution is 7.30. The van der Waals surface area contributed by atoms with E-state index in [0.717, 1.165) is 12.2 Å². The predicted octanol–water partition coefficient (Wildman–Crippen LogP) is 2.66. The maximum absolute atomic E-state index is 8.70. The lowest BCUT2D eigenvalue weighted by Crippen LogP contribution is -1.92. The SMILES string of the molecule is CCC=CCOc1ccccc1.O=[P+](O)O. The molecule has 0 fully saturated rings. The Morgan fingerprint density at radius 1 is 1.25 bits per heavy atom. The summed E-state index contributed by atoms with van der Waals surface area (Å²) in [7, 11) is -2.87. The van der Waals surface area contributed by atoms with E-state index in [1.165, 1.54) is 0 Å². The molecule has 0 radical (unpaired) electrons. The van der Waals surface area contributed by atoms with Gasteiger partial charge in [-0.25, -0.2) is 0 Å². The zero-order valence-corrected chi connectivity index (χ0v) is 10.0. The van der Waals surface area contributed by atoms with Crippen LogP contribution < -0.4 is 4.74 Å². The average Bonchev–Trinajstić information content (AvgIpc) is 2.25. The normalized spacial score (nSPS) is 9.44. The lowest BCUT2D eigenvalue weighted by Gasteiger charge is -2.00. The van der Waals surface area contributed by atoms with Gasteiger partial charge >= 0.3 is 8.25 Å². The van der Waals surface area contributed by atoms with E-state index in [4.69, 9.17) is 19.1 Å². The van der Waals surface area contributed by atoms with Crippen LogP contribution in [0.3, 0.4) is 0 Å². The van der Waals surface area contributed by atoms with Crippen LogP contribution in [-0.4, -0.2) is 16.4 Å². The smallest absolute Gasteiger partial charge is 0.490 e. The molecular formula is C11H16O4P+. The first-order valence-electron chi connectivity index (χ1n) is 4.84. The van der Waals surface area contributed by atoms with Gasteiger partial charge in [-0.05, 0) is 18.6 Å². The Balaban J connectivity index is 0.000000487. The van der Waals surface area contributed by atoms with E-state index in [1.807, 2.05) is 36.4 Å². The van der Waals surface area contributed by atoms with E-state index in [2.05, 4.69) is 13.0 Å². The minimum atomic E-state index is -2.87. The van der Waals surface area contributed by atoms with Gasteiger partial charge in [-0.2, -0.15) is 0 Å². The average molecular weight is 243 g/mol. The highest BCUT2D eigenvalue weighted by Crippen LogP contribution is 2.07. The highest BCUT2D eigenvalue weighted by atomic mass is 31.1. The number of benzene rings is 1. The molecule has 5 heteroatoms.